The van der Waals surface area contributed by atoms with Crippen molar-refractivity contribution in [3.63, 3.8) is 0 Å². The second-order valence-electron chi connectivity index (χ2n) is 8.50. The van der Waals surface area contributed by atoms with E-state index in [9.17, 15) is 19.2 Å². The molecular formula is C23H27N5O6. The van der Waals surface area contributed by atoms with Crippen LogP contribution in [0.4, 0.5) is 16.2 Å². The molecule has 0 fully saturated rings. The largest absolute Gasteiger partial charge is 0.495 e. The van der Waals surface area contributed by atoms with Crippen LogP contribution in [0, 0.1) is 0 Å². The van der Waals surface area contributed by atoms with Crippen molar-refractivity contribution >= 4 is 34.4 Å². The van der Waals surface area contributed by atoms with Crippen molar-refractivity contribution in [2.45, 2.75) is 46.3 Å². The molecule has 1 aromatic carbocycles. The zero-order chi connectivity index (χ0) is 25.0. The van der Waals surface area contributed by atoms with Gasteiger partial charge in [0.2, 0.25) is 0 Å². The van der Waals surface area contributed by atoms with Gasteiger partial charge in [0.1, 0.15) is 17.0 Å². The number of pyridine rings is 1. The van der Waals surface area contributed by atoms with Gasteiger partial charge < -0.3 is 14.8 Å². The number of H-pyrrole nitrogens is 1. The Labute approximate surface area is 195 Å². The maximum absolute atomic E-state index is 12.8. The van der Waals surface area contributed by atoms with E-state index in [0.29, 0.717) is 30.1 Å². The fourth-order valence-corrected chi connectivity index (χ4v) is 3.22. The number of anilines is 2. The number of ether oxygens (including phenoxy) is 2. The SMILES string of the molecule is CCCn1c(=O)[nH]c(=O)c2cc(C(=O)Nc3ccc(OC)c(NC(=O)OC(C)(C)C)c3)cnc21. The lowest BCUT2D eigenvalue weighted by Crippen LogP contribution is -2.31. The highest BCUT2D eigenvalue weighted by atomic mass is 16.6. The summed E-state index contributed by atoms with van der Waals surface area (Å²) in [5.74, 6) is -0.160. The number of methoxy groups -OCH3 is 1. The number of hydrogen-bond acceptors (Lipinski definition) is 7. The highest BCUT2D eigenvalue weighted by molar-refractivity contribution is 6.06. The first-order valence-electron chi connectivity index (χ1n) is 10.6. The van der Waals surface area contributed by atoms with Crippen LogP contribution >= 0.6 is 0 Å². The number of aromatic amines is 1. The molecule has 2 aromatic heterocycles. The van der Waals surface area contributed by atoms with E-state index in [4.69, 9.17) is 9.47 Å². The molecule has 180 valence electrons. The maximum atomic E-state index is 12.8. The van der Waals surface area contributed by atoms with Crippen LogP contribution in [0.5, 0.6) is 5.75 Å². The molecule has 2 heterocycles. The number of aryl methyl sites for hydroxylation is 1. The summed E-state index contributed by atoms with van der Waals surface area (Å²) in [6, 6.07) is 6.07. The number of benzene rings is 1. The lowest BCUT2D eigenvalue weighted by atomic mass is 10.2. The first kappa shape index (κ1) is 24.5. The minimum Gasteiger partial charge on any atom is -0.495 e. The number of aromatic nitrogens is 3. The van der Waals surface area contributed by atoms with Crippen molar-refractivity contribution in [1.29, 1.82) is 0 Å². The van der Waals surface area contributed by atoms with E-state index in [0.717, 1.165) is 0 Å². The van der Waals surface area contributed by atoms with E-state index >= 15 is 0 Å². The van der Waals surface area contributed by atoms with Gasteiger partial charge in [-0.1, -0.05) is 6.92 Å². The van der Waals surface area contributed by atoms with Crippen LogP contribution in [0.2, 0.25) is 0 Å². The van der Waals surface area contributed by atoms with Crippen molar-refractivity contribution < 1.29 is 19.1 Å². The normalized spacial score (nSPS) is 11.2. The monoisotopic (exact) mass is 469 g/mol. The smallest absolute Gasteiger partial charge is 0.412 e. The first-order valence-corrected chi connectivity index (χ1v) is 10.6. The molecule has 0 aliphatic carbocycles. The number of hydrogen-bond donors (Lipinski definition) is 3. The molecule has 0 radical (unpaired) electrons. The molecule has 3 rings (SSSR count). The summed E-state index contributed by atoms with van der Waals surface area (Å²) in [6.07, 6.45) is 1.29. The fraction of sp³-hybridized carbons (Fsp3) is 0.348. The number of amides is 2. The average Bonchev–Trinajstić information content (AvgIpc) is 2.75. The minimum atomic E-state index is -0.688. The molecule has 0 saturated heterocycles. The van der Waals surface area contributed by atoms with Crippen molar-refractivity contribution in [3.8, 4) is 5.75 Å². The molecule has 0 atom stereocenters. The molecule has 3 N–H and O–H groups in total. The fourth-order valence-electron chi connectivity index (χ4n) is 3.22. The Morgan fingerprint density at radius 3 is 2.53 bits per heavy atom. The highest BCUT2D eigenvalue weighted by Crippen LogP contribution is 2.28. The molecule has 3 aromatic rings. The Bertz CT molecular complexity index is 1350. The summed E-state index contributed by atoms with van der Waals surface area (Å²) < 4.78 is 11.9. The van der Waals surface area contributed by atoms with Crippen molar-refractivity contribution in [2.75, 3.05) is 17.7 Å². The van der Waals surface area contributed by atoms with Crippen molar-refractivity contribution in [3.05, 3.63) is 56.9 Å². The van der Waals surface area contributed by atoms with Crippen molar-refractivity contribution in [2.24, 2.45) is 0 Å². The van der Waals surface area contributed by atoms with Gasteiger partial charge in [-0.3, -0.25) is 24.5 Å². The lowest BCUT2D eigenvalue weighted by molar-refractivity contribution is 0.0635. The zero-order valence-corrected chi connectivity index (χ0v) is 19.6. The van der Waals surface area contributed by atoms with Crippen LogP contribution in [-0.4, -0.2) is 39.2 Å². The molecule has 0 aliphatic heterocycles. The predicted molar refractivity (Wildman–Crippen MR) is 128 cm³/mol. The summed E-state index contributed by atoms with van der Waals surface area (Å²) in [6.45, 7) is 7.50. The third-order valence-corrected chi connectivity index (χ3v) is 4.63. The van der Waals surface area contributed by atoms with Crippen molar-refractivity contribution in [1.82, 2.24) is 14.5 Å². The van der Waals surface area contributed by atoms with Gasteiger partial charge in [-0.25, -0.2) is 14.6 Å². The Hall–Kier alpha value is -4.15. The first-order chi connectivity index (χ1) is 16.0. The Morgan fingerprint density at radius 1 is 1.15 bits per heavy atom. The average molecular weight is 469 g/mol. The number of carbonyl (C=O) groups excluding carboxylic acids is 2. The quantitative estimate of drug-likeness (QED) is 0.503. The topological polar surface area (TPSA) is 144 Å². The summed E-state index contributed by atoms with van der Waals surface area (Å²) >= 11 is 0. The second-order valence-corrected chi connectivity index (χ2v) is 8.50. The Balaban J connectivity index is 1.88. The van der Waals surface area contributed by atoms with Crippen LogP contribution in [0.25, 0.3) is 11.0 Å². The highest BCUT2D eigenvalue weighted by Gasteiger charge is 2.18. The molecule has 2 amide bonds. The zero-order valence-electron chi connectivity index (χ0n) is 19.6. The second kappa shape index (κ2) is 9.77. The van der Waals surface area contributed by atoms with Crippen LogP contribution in [0.1, 0.15) is 44.5 Å². The van der Waals surface area contributed by atoms with Gasteiger partial charge >= 0.3 is 11.8 Å². The minimum absolute atomic E-state index is 0.122. The molecule has 0 spiro atoms. The van der Waals surface area contributed by atoms with Crippen LogP contribution in [-0.2, 0) is 11.3 Å². The summed E-state index contributed by atoms with van der Waals surface area (Å²) in [5, 5.41) is 5.43. The van der Waals surface area contributed by atoms with Gasteiger partial charge in [0.25, 0.3) is 11.5 Å². The van der Waals surface area contributed by atoms with Gasteiger partial charge in [-0.05, 0) is 51.5 Å². The van der Waals surface area contributed by atoms with Gasteiger partial charge in [-0.15, -0.1) is 0 Å². The number of rotatable bonds is 6. The van der Waals surface area contributed by atoms with E-state index in [1.807, 2.05) is 6.92 Å². The van der Waals surface area contributed by atoms with E-state index in [1.165, 1.54) is 30.0 Å². The summed E-state index contributed by atoms with van der Waals surface area (Å²) in [7, 11) is 1.45. The Morgan fingerprint density at radius 2 is 1.88 bits per heavy atom. The van der Waals surface area contributed by atoms with E-state index in [1.54, 1.807) is 32.9 Å². The standard InChI is InChI=1S/C23H27N5O6/c1-6-9-28-18-15(20(30)27-21(28)31)10-13(12-24-18)19(29)25-14-7-8-17(33-5)16(11-14)26-22(32)34-23(2,3)4/h7-8,10-12H,6,9H2,1-5H3,(H,25,29)(H,26,32)(H,27,30,31). The molecule has 11 heteroatoms. The maximum Gasteiger partial charge on any atom is 0.412 e. The molecule has 0 bridgehead atoms. The van der Waals surface area contributed by atoms with Gasteiger partial charge in [-0.2, -0.15) is 0 Å². The van der Waals surface area contributed by atoms with Gasteiger partial charge in [0.05, 0.1) is 23.7 Å². The molecular weight excluding hydrogens is 442 g/mol. The van der Waals surface area contributed by atoms with Crippen LogP contribution < -0.4 is 26.6 Å². The molecule has 11 nitrogen and oxygen atoms in total. The van der Waals surface area contributed by atoms with E-state index < -0.39 is 28.9 Å². The third kappa shape index (κ3) is 5.61. The lowest BCUT2D eigenvalue weighted by Gasteiger charge is -2.20. The van der Waals surface area contributed by atoms with Crippen LogP contribution in [0.15, 0.2) is 40.1 Å². The van der Waals surface area contributed by atoms with Gasteiger partial charge in [0, 0.05) is 18.4 Å². The molecule has 0 unspecified atom stereocenters. The molecule has 0 saturated carbocycles. The predicted octanol–water partition coefficient (Wildman–Crippen LogP) is 3.10. The van der Waals surface area contributed by atoms with Crippen LogP contribution in [0.3, 0.4) is 0 Å². The van der Waals surface area contributed by atoms with E-state index in [-0.39, 0.29) is 16.6 Å². The van der Waals surface area contributed by atoms with E-state index in [2.05, 4.69) is 20.6 Å². The summed E-state index contributed by atoms with van der Waals surface area (Å²) in [4.78, 5) is 55.8. The number of nitrogens with one attached hydrogen (secondary N) is 3. The summed E-state index contributed by atoms with van der Waals surface area (Å²) in [5.41, 5.74) is -0.868. The number of fused-ring (bicyclic) bond motifs is 1. The third-order valence-electron chi connectivity index (χ3n) is 4.63. The number of nitrogens with zero attached hydrogens (tertiary/aromatic N) is 2. The molecule has 34 heavy (non-hydrogen) atoms. The molecule has 0 aliphatic rings. The number of carbonyl (C=O) groups is 2. The Kier molecular flexibility index (Phi) is 7.04. The van der Waals surface area contributed by atoms with Gasteiger partial charge in [0.15, 0.2) is 0 Å².